The van der Waals surface area contributed by atoms with Crippen LogP contribution in [0.5, 0.6) is 0 Å². The molecule has 0 aromatic heterocycles. The second-order valence-electron chi connectivity index (χ2n) is 4.07. The summed E-state index contributed by atoms with van der Waals surface area (Å²) in [6, 6.07) is 0. The maximum atomic E-state index is 11.8. The fourth-order valence-electron chi connectivity index (χ4n) is 0.847. The minimum atomic E-state index is -2.94. The molecule has 0 fully saturated rings. The van der Waals surface area contributed by atoms with E-state index in [0.29, 0.717) is 0 Å². The van der Waals surface area contributed by atoms with Crippen molar-refractivity contribution >= 4 is 11.9 Å². The van der Waals surface area contributed by atoms with Crippen LogP contribution in [0.1, 0.15) is 20.3 Å². The third-order valence-electron chi connectivity index (χ3n) is 1.98. The van der Waals surface area contributed by atoms with E-state index in [-0.39, 0.29) is 6.42 Å². The number of hydrogen-bond acceptors (Lipinski definition) is 3. The lowest BCUT2D eigenvalue weighted by atomic mass is 9.89. The van der Waals surface area contributed by atoms with Gasteiger partial charge in [0.05, 0.1) is 5.41 Å². The number of aliphatic hydroxyl groups excluding tert-OH is 1. The Morgan fingerprint density at radius 3 is 2.25 bits per heavy atom. The van der Waals surface area contributed by atoms with Crippen molar-refractivity contribution in [3.05, 3.63) is 0 Å². The first-order valence-electron chi connectivity index (χ1n) is 4.63. The van der Waals surface area contributed by atoms with Gasteiger partial charge < -0.3 is 15.5 Å². The van der Waals surface area contributed by atoms with Gasteiger partial charge >= 0.3 is 5.97 Å². The van der Waals surface area contributed by atoms with Gasteiger partial charge in [-0.25, -0.2) is 8.78 Å². The lowest BCUT2D eigenvalue weighted by Gasteiger charge is -2.18. The summed E-state index contributed by atoms with van der Waals surface area (Å²) >= 11 is 0. The summed E-state index contributed by atoms with van der Waals surface area (Å²) in [5.41, 5.74) is -1.26. The monoisotopic (exact) mass is 239 g/mol. The van der Waals surface area contributed by atoms with Gasteiger partial charge in [-0.2, -0.15) is 0 Å². The van der Waals surface area contributed by atoms with Gasteiger partial charge in [-0.15, -0.1) is 0 Å². The summed E-state index contributed by atoms with van der Waals surface area (Å²) in [4.78, 5) is 21.8. The van der Waals surface area contributed by atoms with Crippen LogP contribution in [0.2, 0.25) is 0 Å². The zero-order chi connectivity index (χ0) is 12.9. The molecule has 5 nitrogen and oxygen atoms in total. The highest BCUT2D eigenvalue weighted by molar-refractivity contribution is 5.84. The first-order valence-corrected chi connectivity index (χ1v) is 4.63. The molecule has 16 heavy (non-hydrogen) atoms. The van der Waals surface area contributed by atoms with Crippen LogP contribution in [0.25, 0.3) is 0 Å². The predicted octanol–water partition coefficient (Wildman–Crippen LogP) is 0.230. The molecule has 3 N–H and O–H groups in total. The van der Waals surface area contributed by atoms with Gasteiger partial charge in [0, 0.05) is 13.0 Å². The van der Waals surface area contributed by atoms with Gasteiger partial charge in [0.15, 0.2) is 0 Å². The Morgan fingerprint density at radius 2 is 1.88 bits per heavy atom. The molecule has 0 rings (SSSR count). The zero-order valence-electron chi connectivity index (χ0n) is 9.04. The second-order valence-corrected chi connectivity index (χ2v) is 4.07. The Labute approximate surface area is 91.5 Å². The quantitative estimate of drug-likeness (QED) is 0.619. The lowest BCUT2D eigenvalue weighted by Crippen LogP contribution is -2.39. The van der Waals surface area contributed by atoms with E-state index in [2.05, 4.69) is 0 Å². The highest BCUT2D eigenvalue weighted by Crippen LogP contribution is 2.19. The number of nitrogens with one attached hydrogen (secondary N) is 1. The van der Waals surface area contributed by atoms with Crippen LogP contribution < -0.4 is 5.32 Å². The number of carbonyl (C=O) groups is 2. The van der Waals surface area contributed by atoms with Gasteiger partial charge in [-0.05, 0) is 13.8 Å². The normalized spacial score (nSPS) is 13.6. The molecular formula is C9H15F2NO4. The van der Waals surface area contributed by atoms with Crippen LogP contribution in [-0.2, 0) is 9.59 Å². The Bertz CT molecular complexity index is 268. The number of aliphatic carboxylic acids is 1. The molecule has 0 aliphatic carbocycles. The van der Waals surface area contributed by atoms with Crippen molar-refractivity contribution in [2.75, 3.05) is 6.54 Å². The zero-order valence-corrected chi connectivity index (χ0v) is 9.04. The summed E-state index contributed by atoms with van der Waals surface area (Å²) in [6.07, 6.45) is -5.21. The summed E-state index contributed by atoms with van der Waals surface area (Å²) in [6.45, 7) is 2.10. The third-order valence-corrected chi connectivity index (χ3v) is 1.98. The van der Waals surface area contributed by atoms with Gasteiger partial charge in [0.2, 0.25) is 5.91 Å². The summed E-state index contributed by atoms with van der Waals surface area (Å²) in [7, 11) is 0. The van der Waals surface area contributed by atoms with E-state index < -0.39 is 36.4 Å². The molecule has 1 atom stereocenters. The van der Waals surface area contributed by atoms with E-state index >= 15 is 0 Å². The lowest BCUT2D eigenvalue weighted by molar-refractivity contribution is -0.149. The molecule has 0 heterocycles. The van der Waals surface area contributed by atoms with Crippen LogP contribution >= 0.6 is 0 Å². The number of aliphatic hydroxyl groups is 1. The van der Waals surface area contributed by atoms with Gasteiger partial charge in [-0.1, -0.05) is 0 Å². The Balaban J connectivity index is 4.06. The van der Waals surface area contributed by atoms with Crippen molar-refractivity contribution in [3.63, 3.8) is 0 Å². The van der Waals surface area contributed by atoms with Crippen LogP contribution in [0, 0.1) is 5.41 Å². The van der Waals surface area contributed by atoms with Crippen molar-refractivity contribution in [2.24, 2.45) is 5.41 Å². The fourth-order valence-corrected chi connectivity index (χ4v) is 0.847. The SMILES string of the molecule is CC(C)(CC(=O)NCC(O)C(F)F)C(=O)O. The van der Waals surface area contributed by atoms with Crippen molar-refractivity contribution in [1.82, 2.24) is 5.32 Å². The first kappa shape index (κ1) is 14.8. The maximum absolute atomic E-state index is 11.8. The Hall–Kier alpha value is -1.24. The molecule has 0 aromatic rings. The third kappa shape index (κ3) is 5.01. The average molecular weight is 239 g/mol. The smallest absolute Gasteiger partial charge is 0.309 e. The van der Waals surface area contributed by atoms with E-state index in [4.69, 9.17) is 10.2 Å². The highest BCUT2D eigenvalue weighted by atomic mass is 19.3. The number of rotatable bonds is 6. The van der Waals surface area contributed by atoms with Gasteiger partial charge in [0.1, 0.15) is 6.10 Å². The fraction of sp³-hybridized carbons (Fsp3) is 0.778. The van der Waals surface area contributed by atoms with Gasteiger partial charge in [-0.3, -0.25) is 9.59 Å². The van der Waals surface area contributed by atoms with Crippen molar-refractivity contribution in [2.45, 2.75) is 32.8 Å². The summed E-state index contributed by atoms with van der Waals surface area (Å²) in [5, 5.41) is 19.5. The van der Waals surface area contributed by atoms with Gasteiger partial charge in [0.25, 0.3) is 6.43 Å². The van der Waals surface area contributed by atoms with Crippen LogP contribution in [-0.4, -0.2) is 41.2 Å². The molecule has 0 aromatic carbocycles. The maximum Gasteiger partial charge on any atom is 0.309 e. The van der Waals surface area contributed by atoms with E-state index in [1.165, 1.54) is 13.8 Å². The van der Waals surface area contributed by atoms with E-state index in [0.717, 1.165) is 0 Å². The molecule has 0 saturated carbocycles. The van der Waals surface area contributed by atoms with E-state index in [1.54, 1.807) is 0 Å². The molecule has 1 amide bonds. The van der Waals surface area contributed by atoms with Crippen molar-refractivity contribution < 1.29 is 28.6 Å². The average Bonchev–Trinajstić information content (AvgIpc) is 2.12. The molecule has 0 radical (unpaired) electrons. The van der Waals surface area contributed by atoms with Crippen molar-refractivity contribution in [1.29, 1.82) is 0 Å². The van der Waals surface area contributed by atoms with Crippen LogP contribution in [0.3, 0.4) is 0 Å². The second kappa shape index (κ2) is 5.74. The standard InChI is InChI=1S/C9H15F2NO4/c1-9(2,8(15)16)3-6(14)12-4-5(13)7(10)11/h5,7,13H,3-4H2,1-2H3,(H,12,14)(H,15,16). The number of halogens is 2. The molecule has 0 spiro atoms. The van der Waals surface area contributed by atoms with Crippen molar-refractivity contribution in [3.8, 4) is 0 Å². The molecule has 0 aliphatic rings. The summed E-state index contributed by atoms with van der Waals surface area (Å²) in [5.74, 6) is -1.84. The minimum absolute atomic E-state index is 0.335. The number of amides is 1. The minimum Gasteiger partial charge on any atom is -0.481 e. The Morgan fingerprint density at radius 1 is 1.38 bits per heavy atom. The summed E-state index contributed by atoms with van der Waals surface area (Å²) < 4.78 is 23.7. The van der Waals surface area contributed by atoms with Crippen LogP contribution in [0.15, 0.2) is 0 Å². The molecule has 94 valence electrons. The molecule has 1 unspecified atom stereocenters. The molecule has 0 saturated heterocycles. The number of carboxylic acid groups (broad SMARTS) is 1. The number of carboxylic acids is 1. The largest absolute Gasteiger partial charge is 0.481 e. The van der Waals surface area contributed by atoms with E-state index in [1.807, 2.05) is 5.32 Å². The van der Waals surface area contributed by atoms with Crippen LogP contribution in [0.4, 0.5) is 8.78 Å². The molecular weight excluding hydrogens is 224 g/mol. The predicted molar refractivity (Wildman–Crippen MR) is 51.1 cm³/mol. The number of hydrogen-bond donors (Lipinski definition) is 3. The Kier molecular flexibility index (Phi) is 5.29. The number of carbonyl (C=O) groups excluding carboxylic acids is 1. The molecule has 7 heteroatoms. The topological polar surface area (TPSA) is 86.6 Å². The molecule has 0 aliphatic heterocycles. The highest BCUT2D eigenvalue weighted by Gasteiger charge is 2.30. The first-order chi connectivity index (χ1) is 7.16. The van der Waals surface area contributed by atoms with E-state index in [9.17, 15) is 18.4 Å². The number of alkyl halides is 2. The molecule has 0 bridgehead atoms.